The van der Waals surface area contributed by atoms with E-state index in [9.17, 15) is 18.8 Å². The van der Waals surface area contributed by atoms with Crippen molar-refractivity contribution in [1.29, 1.82) is 5.26 Å². The number of hydrogen-bond acceptors (Lipinski definition) is 6. The van der Waals surface area contributed by atoms with Gasteiger partial charge in [-0.25, -0.2) is 22.8 Å². The number of nitriles is 1. The number of likely N-dealkylation sites (tertiary alicyclic amines) is 1. The number of nitrogens with zero attached hydrogens (tertiary/aromatic N) is 7. The summed E-state index contributed by atoms with van der Waals surface area (Å²) >= 11 is 13.1. The van der Waals surface area contributed by atoms with E-state index in [1.54, 1.807) is 29.1 Å². The molecule has 6 aliphatic rings. The summed E-state index contributed by atoms with van der Waals surface area (Å²) in [5.41, 5.74) is 3.03. The molecule has 0 radical (unpaired) electrons. The number of aromatic nitrogens is 5. The number of carbonyl (C=O) groups is 1. The number of amides is 1. The monoisotopic (exact) mass is 786 g/mol. The Kier molecular flexibility index (Phi) is 7.95. The molecular formula is C41H39Cl2F3N8O. The fourth-order valence-electron chi connectivity index (χ4n) is 9.91. The molecule has 9 nitrogen and oxygen atoms in total. The van der Waals surface area contributed by atoms with Gasteiger partial charge >= 0.3 is 0 Å². The van der Waals surface area contributed by atoms with E-state index in [1.165, 1.54) is 0 Å². The molecule has 2 bridgehead atoms. The molecule has 3 aliphatic heterocycles. The third kappa shape index (κ3) is 5.29. The lowest BCUT2D eigenvalue weighted by atomic mass is 9.79. The van der Waals surface area contributed by atoms with Crippen molar-refractivity contribution >= 4 is 50.9 Å². The number of alkyl halides is 2. The van der Waals surface area contributed by atoms with Gasteiger partial charge in [-0.2, -0.15) is 5.26 Å². The van der Waals surface area contributed by atoms with Crippen molar-refractivity contribution in [1.82, 2.24) is 34.8 Å². The fraction of sp³-hybridized carbons (Fsp3) is 0.488. The zero-order chi connectivity index (χ0) is 38.1. The SMILES string of the molecule is Cc1nc2c(F)c(-c3cccc(Cl)c3Cl)c(CCC#N)cc2c2c1cc([C@H]1C[C@H](n3cc(C4(C(C)(F)F)CC4)nn3)CN1C(=O)C1CC1)n2[C@H]1[C@H]2CN[C@@H]1C2. The molecule has 284 valence electrons. The molecule has 6 heterocycles. The maximum Gasteiger partial charge on any atom is 0.256 e. The minimum absolute atomic E-state index is 0.0433. The number of halogens is 5. The van der Waals surface area contributed by atoms with Crippen molar-refractivity contribution in [2.24, 2.45) is 11.8 Å². The Morgan fingerprint density at radius 3 is 2.64 bits per heavy atom. The standard InChI is InChI=1S/C41H39Cl2F3N8O/c1-20-26-16-31(30-15-24(18-52(30)39(55)21-8-9-21)53-19-32(50-51-53)41(10-11-41)40(2,45)46)54(37-23-14-29(37)48-17-23)38(26)27-13-22(5-4-12-47)33(35(44)36(27)49-20)25-6-3-7-28(42)34(25)43/h3,6-7,13,16,19,21,23-24,29-30,37,48H,4-5,8-11,14-15,17-18H2,1-2H3/t23-,24+,29-,30-,37+/m1/s1. The number of hydrogen-bond donors (Lipinski definition) is 1. The second-order valence-electron chi connectivity index (χ2n) is 16.5. The summed E-state index contributed by atoms with van der Waals surface area (Å²) in [6, 6.07) is 11.1. The van der Waals surface area contributed by atoms with Gasteiger partial charge < -0.3 is 14.8 Å². The predicted molar refractivity (Wildman–Crippen MR) is 203 cm³/mol. The number of aryl methyl sites for hydroxylation is 2. The Hall–Kier alpha value is -4.18. The molecule has 3 saturated carbocycles. The molecule has 55 heavy (non-hydrogen) atoms. The van der Waals surface area contributed by atoms with Gasteiger partial charge in [-0.05, 0) is 81.5 Å². The predicted octanol–water partition coefficient (Wildman–Crippen LogP) is 8.80. The van der Waals surface area contributed by atoms with Crippen molar-refractivity contribution in [2.45, 2.75) is 101 Å². The molecule has 0 unspecified atom stereocenters. The summed E-state index contributed by atoms with van der Waals surface area (Å²) in [7, 11) is 0. The van der Waals surface area contributed by atoms with Gasteiger partial charge in [0.2, 0.25) is 5.91 Å². The van der Waals surface area contributed by atoms with Crippen LogP contribution in [0.4, 0.5) is 13.2 Å². The lowest BCUT2D eigenvalue weighted by Gasteiger charge is -2.39. The Balaban J connectivity index is 1.16. The van der Waals surface area contributed by atoms with Gasteiger partial charge in [0.25, 0.3) is 5.92 Å². The van der Waals surface area contributed by atoms with Gasteiger partial charge in [0.15, 0.2) is 5.82 Å². The first-order valence-corrected chi connectivity index (χ1v) is 20.0. The Morgan fingerprint density at radius 2 is 1.96 bits per heavy atom. The van der Waals surface area contributed by atoms with Crippen LogP contribution in [0.2, 0.25) is 10.0 Å². The summed E-state index contributed by atoms with van der Waals surface area (Å²) in [5, 5.41) is 24.0. The number of nitrogens with one attached hydrogen (secondary N) is 1. The lowest BCUT2D eigenvalue weighted by molar-refractivity contribution is -0.133. The summed E-state index contributed by atoms with van der Waals surface area (Å²) in [4.78, 5) is 21.0. The normalized spacial score (nSPS) is 25.5. The number of benzene rings is 2. The van der Waals surface area contributed by atoms with Crippen molar-refractivity contribution in [3.63, 3.8) is 0 Å². The largest absolute Gasteiger partial charge is 0.337 e. The van der Waals surface area contributed by atoms with Crippen molar-refractivity contribution in [3.05, 3.63) is 75.0 Å². The highest BCUT2D eigenvalue weighted by molar-refractivity contribution is 6.43. The van der Waals surface area contributed by atoms with Crippen LogP contribution in [-0.4, -0.2) is 60.4 Å². The van der Waals surface area contributed by atoms with Gasteiger partial charge in [-0.3, -0.25) is 4.79 Å². The van der Waals surface area contributed by atoms with E-state index in [0.29, 0.717) is 71.1 Å². The molecule has 3 aliphatic carbocycles. The quantitative estimate of drug-likeness (QED) is 0.160. The van der Waals surface area contributed by atoms with Crippen LogP contribution < -0.4 is 5.32 Å². The van der Waals surface area contributed by atoms with E-state index in [2.05, 4.69) is 32.3 Å². The summed E-state index contributed by atoms with van der Waals surface area (Å²) in [5.74, 6) is -3.04. The molecule has 1 N–H and O–H groups in total. The summed E-state index contributed by atoms with van der Waals surface area (Å²) in [6.45, 7) is 4.08. The minimum atomic E-state index is -2.92. The summed E-state index contributed by atoms with van der Waals surface area (Å²) in [6.07, 6.45) is 6.07. The van der Waals surface area contributed by atoms with Crippen molar-refractivity contribution in [3.8, 4) is 17.2 Å². The zero-order valence-electron chi connectivity index (χ0n) is 30.4. The molecule has 3 saturated heterocycles. The Bertz CT molecular complexity index is 2460. The van der Waals surface area contributed by atoms with Crippen LogP contribution >= 0.6 is 23.2 Å². The van der Waals surface area contributed by atoms with E-state index in [1.807, 2.05) is 17.9 Å². The summed E-state index contributed by atoms with van der Waals surface area (Å²) < 4.78 is 50.7. The van der Waals surface area contributed by atoms with Gasteiger partial charge in [-0.15, -0.1) is 5.10 Å². The van der Waals surface area contributed by atoms with E-state index in [0.717, 1.165) is 49.3 Å². The van der Waals surface area contributed by atoms with Gasteiger partial charge in [0.1, 0.15) is 5.52 Å². The third-order valence-electron chi connectivity index (χ3n) is 13.2. The van der Waals surface area contributed by atoms with Gasteiger partial charge in [0, 0.05) is 77.9 Å². The Labute approximate surface area is 325 Å². The van der Waals surface area contributed by atoms with E-state index >= 15 is 4.39 Å². The average molecular weight is 788 g/mol. The second-order valence-corrected chi connectivity index (χ2v) is 17.3. The molecule has 1 amide bonds. The van der Waals surface area contributed by atoms with Gasteiger partial charge in [0.05, 0.1) is 50.9 Å². The second kappa shape index (κ2) is 12.4. The van der Waals surface area contributed by atoms with Crippen LogP contribution in [0.15, 0.2) is 36.5 Å². The zero-order valence-corrected chi connectivity index (χ0v) is 31.9. The van der Waals surface area contributed by atoms with Crippen LogP contribution in [0.3, 0.4) is 0 Å². The van der Waals surface area contributed by atoms with Crippen molar-refractivity contribution in [2.75, 3.05) is 13.1 Å². The van der Waals surface area contributed by atoms with Crippen LogP contribution in [0.5, 0.6) is 0 Å². The van der Waals surface area contributed by atoms with Crippen LogP contribution in [-0.2, 0) is 16.6 Å². The van der Waals surface area contributed by atoms with Crippen LogP contribution in [0.1, 0.15) is 92.6 Å². The molecule has 6 fully saturated rings. The Morgan fingerprint density at radius 1 is 1.16 bits per heavy atom. The smallest absolute Gasteiger partial charge is 0.256 e. The third-order valence-corrected chi connectivity index (χ3v) is 14.0. The van der Waals surface area contributed by atoms with Crippen LogP contribution in [0, 0.1) is 35.9 Å². The number of fused-ring (bicyclic) bond motifs is 4. The van der Waals surface area contributed by atoms with Crippen LogP contribution in [0.25, 0.3) is 32.9 Å². The van der Waals surface area contributed by atoms with E-state index in [-0.39, 0.29) is 58.5 Å². The number of pyridine rings is 1. The minimum Gasteiger partial charge on any atom is -0.337 e. The first-order chi connectivity index (χ1) is 26.4. The lowest BCUT2D eigenvalue weighted by Crippen LogP contribution is -2.41. The maximum atomic E-state index is 17.2. The molecule has 5 atom stereocenters. The molecule has 3 aromatic heterocycles. The molecule has 14 heteroatoms. The first-order valence-electron chi connectivity index (χ1n) is 19.2. The molecule has 11 rings (SSSR count). The van der Waals surface area contributed by atoms with Crippen molar-refractivity contribution < 1.29 is 18.0 Å². The fourth-order valence-corrected chi connectivity index (χ4v) is 10.3. The number of carbonyl (C=O) groups excluding carboxylic acids is 1. The highest BCUT2D eigenvalue weighted by Gasteiger charge is 2.62. The highest BCUT2D eigenvalue weighted by atomic mass is 35.5. The molecular weight excluding hydrogens is 748 g/mol. The topological polar surface area (TPSA) is 105 Å². The van der Waals surface area contributed by atoms with Gasteiger partial charge in [-0.1, -0.05) is 40.5 Å². The first kappa shape index (κ1) is 35.2. The maximum absolute atomic E-state index is 17.2. The average Bonchev–Trinajstić information content (AvgIpc) is 3.80. The number of rotatable bonds is 9. The van der Waals surface area contributed by atoms with E-state index < -0.39 is 17.2 Å². The van der Waals surface area contributed by atoms with E-state index in [4.69, 9.17) is 28.2 Å². The highest BCUT2D eigenvalue weighted by Crippen LogP contribution is 2.58. The molecule has 0 spiro atoms. The molecule has 5 aromatic rings. The molecule has 2 aromatic carbocycles.